The van der Waals surface area contributed by atoms with Crippen LogP contribution in [-0.2, 0) is 6.54 Å². The zero-order valence-electron chi connectivity index (χ0n) is 11.6. The Hall–Kier alpha value is -1.58. The van der Waals surface area contributed by atoms with Gasteiger partial charge in [-0.1, -0.05) is 29.8 Å². The van der Waals surface area contributed by atoms with Gasteiger partial charge in [0.1, 0.15) is 5.82 Å². The van der Waals surface area contributed by atoms with Gasteiger partial charge in [0.2, 0.25) is 0 Å². The second-order valence-corrected chi connectivity index (χ2v) is 5.36. The number of rotatable bonds is 4. The van der Waals surface area contributed by atoms with E-state index in [-0.39, 0.29) is 11.9 Å². The van der Waals surface area contributed by atoms with Crippen molar-refractivity contribution in [3.63, 3.8) is 0 Å². The van der Waals surface area contributed by atoms with Crippen molar-refractivity contribution in [2.24, 2.45) is 0 Å². The lowest BCUT2D eigenvalue weighted by molar-refractivity contribution is 0.253. The van der Waals surface area contributed by atoms with E-state index >= 15 is 0 Å². The van der Waals surface area contributed by atoms with Crippen LogP contribution in [-0.4, -0.2) is 11.9 Å². The highest BCUT2D eigenvalue weighted by molar-refractivity contribution is 6.31. The Morgan fingerprint density at radius 2 is 1.95 bits per heavy atom. The lowest BCUT2D eigenvalue weighted by Gasteiger charge is -2.26. The fourth-order valence-electron chi connectivity index (χ4n) is 2.17. The van der Waals surface area contributed by atoms with Gasteiger partial charge in [0, 0.05) is 23.3 Å². The molecular formula is C16H18ClFN2. The van der Waals surface area contributed by atoms with Crippen molar-refractivity contribution in [1.82, 2.24) is 4.90 Å². The Bertz CT molecular complexity index is 601. The van der Waals surface area contributed by atoms with Crippen LogP contribution in [0.5, 0.6) is 0 Å². The molecule has 0 radical (unpaired) electrons. The first-order chi connectivity index (χ1) is 9.49. The van der Waals surface area contributed by atoms with E-state index in [9.17, 15) is 4.39 Å². The maximum atomic E-state index is 13.3. The van der Waals surface area contributed by atoms with E-state index in [0.717, 1.165) is 16.1 Å². The Balaban J connectivity index is 2.17. The van der Waals surface area contributed by atoms with Crippen molar-refractivity contribution < 1.29 is 4.39 Å². The summed E-state index contributed by atoms with van der Waals surface area (Å²) in [5, 5.41) is 0.735. The van der Waals surface area contributed by atoms with Crippen molar-refractivity contribution in [3.8, 4) is 0 Å². The van der Waals surface area contributed by atoms with Gasteiger partial charge in [-0.2, -0.15) is 0 Å². The van der Waals surface area contributed by atoms with Crippen molar-refractivity contribution in [2.75, 3.05) is 12.8 Å². The third-order valence-corrected chi connectivity index (χ3v) is 3.89. The minimum Gasteiger partial charge on any atom is -0.398 e. The van der Waals surface area contributed by atoms with Gasteiger partial charge in [-0.25, -0.2) is 4.39 Å². The van der Waals surface area contributed by atoms with Crippen molar-refractivity contribution in [3.05, 3.63) is 64.4 Å². The Labute approximate surface area is 124 Å². The van der Waals surface area contributed by atoms with Crippen LogP contribution in [0.15, 0.2) is 42.5 Å². The minimum absolute atomic E-state index is 0.117. The monoisotopic (exact) mass is 292 g/mol. The summed E-state index contributed by atoms with van der Waals surface area (Å²) in [5.74, 6) is -0.270. The predicted octanol–water partition coefficient (Wildman–Crippen LogP) is 4.25. The van der Waals surface area contributed by atoms with E-state index in [4.69, 9.17) is 17.3 Å². The van der Waals surface area contributed by atoms with Crippen molar-refractivity contribution >= 4 is 17.3 Å². The molecule has 2 aromatic carbocycles. The molecule has 0 fully saturated rings. The first kappa shape index (κ1) is 14.8. The summed E-state index contributed by atoms with van der Waals surface area (Å²) in [4.78, 5) is 2.09. The third-order valence-electron chi connectivity index (χ3n) is 3.54. The molecule has 2 nitrogen and oxygen atoms in total. The van der Waals surface area contributed by atoms with Gasteiger partial charge in [0.05, 0.1) is 0 Å². The van der Waals surface area contributed by atoms with E-state index in [1.807, 2.05) is 31.3 Å². The second-order valence-electron chi connectivity index (χ2n) is 4.96. The third kappa shape index (κ3) is 3.30. The molecule has 0 aromatic heterocycles. The average molecular weight is 293 g/mol. The maximum Gasteiger partial charge on any atom is 0.123 e. The van der Waals surface area contributed by atoms with Crippen molar-refractivity contribution in [1.29, 1.82) is 0 Å². The zero-order valence-corrected chi connectivity index (χ0v) is 12.4. The Kier molecular flexibility index (Phi) is 4.63. The molecule has 0 aliphatic heterocycles. The fourth-order valence-corrected chi connectivity index (χ4v) is 2.46. The molecule has 2 N–H and O–H groups in total. The fraction of sp³-hybridized carbons (Fsp3) is 0.250. The molecule has 106 valence electrons. The molecule has 0 aliphatic carbocycles. The molecular weight excluding hydrogens is 275 g/mol. The number of hydrogen-bond acceptors (Lipinski definition) is 2. The summed E-state index contributed by atoms with van der Waals surface area (Å²) in [7, 11) is 1.97. The highest BCUT2D eigenvalue weighted by Gasteiger charge is 2.15. The molecule has 0 spiro atoms. The van der Waals surface area contributed by atoms with Gasteiger partial charge in [-0.3, -0.25) is 4.90 Å². The SMILES string of the molecule is CC(c1ccccc1Cl)N(C)Cc1cc(F)ccc1N. The molecule has 1 atom stereocenters. The van der Waals surface area contributed by atoms with E-state index in [2.05, 4.69) is 11.8 Å². The number of hydrogen-bond donors (Lipinski definition) is 1. The van der Waals surface area contributed by atoms with Gasteiger partial charge < -0.3 is 5.73 Å². The summed E-state index contributed by atoms with van der Waals surface area (Å²) in [6.07, 6.45) is 0. The lowest BCUT2D eigenvalue weighted by Crippen LogP contribution is -2.22. The van der Waals surface area contributed by atoms with Gasteiger partial charge in [0.15, 0.2) is 0 Å². The molecule has 1 unspecified atom stereocenters. The largest absolute Gasteiger partial charge is 0.398 e. The number of halogens is 2. The molecule has 0 saturated heterocycles. The van der Waals surface area contributed by atoms with Gasteiger partial charge in [-0.05, 0) is 49.4 Å². The van der Waals surface area contributed by atoms with Crippen LogP contribution in [0, 0.1) is 5.82 Å². The van der Waals surface area contributed by atoms with Crippen LogP contribution >= 0.6 is 11.6 Å². The summed E-state index contributed by atoms with van der Waals surface area (Å²) < 4.78 is 13.3. The number of anilines is 1. The minimum atomic E-state index is -0.270. The maximum absolute atomic E-state index is 13.3. The molecule has 0 bridgehead atoms. The smallest absolute Gasteiger partial charge is 0.123 e. The Morgan fingerprint density at radius 3 is 2.65 bits per heavy atom. The standard InChI is InChI=1S/C16H18ClFN2/c1-11(14-5-3-4-6-15(14)17)20(2)10-12-9-13(18)7-8-16(12)19/h3-9,11H,10,19H2,1-2H3. The van der Waals surface area contributed by atoms with E-state index < -0.39 is 0 Å². The molecule has 0 amide bonds. The summed E-state index contributed by atoms with van der Waals surface area (Å²) in [5.41, 5.74) is 8.32. The van der Waals surface area contributed by atoms with Crippen LogP contribution in [0.2, 0.25) is 5.02 Å². The first-order valence-corrected chi connectivity index (χ1v) is 6.85. The molecule has 0 aliphatic rings. The van der Waals surface area contributed by atoms with Crippen LogP contribution in [0.1, 0.15) is 24.1 Å². The number of nitrogen functional groups attached to an aromatic ring is 1. The van der Waals surface area contributed by atoms with Crippen LogP contribution in [0.25, 0.3) is 0 Å². The Morgan fingerprint density at radius 1 is 1.25 bits per heavy atom. The van der Waals surface area contributed by atoms with Gasteiger partial charge in [-0.15, -0.1) is 0 Å². The molecule has 20 heavy (non-hydrogen) atoms. The first-order valence-electron chi connectivity index (χ1n) is 6.47. The second kappa shape index (κ2) is 6.25. The quantitative estimate of drug-likeness (QED) is 0.854. The zero-order chi connectivity index (χ0) is 14.7. The summed E-state index contributed by atoms with van der Waals surface area (Å²) in [6.45, 7) is 2.63. The van der Waals surface area contributed by atoms with Gasteiger partial charge >= 0.3 is 0 Å². The van der Waals surface area contributed by atoms with E-state index in [0.29, 0.717) is 12.2 Å². The van der Waals surface area contributed by atoms with Crippen molar-refractivity contribution in [2.45, 2.75) is 19.5 Å². The molecule has 4 heteroatoms. The summed E-state index contributed by atoms with van der Waals surface area (Å²) >= 11 is 6.21. The normalized spacial score (nSPS) is 12.7. The topological polar surface area (TPSA) is 29.3 Å². The molecule has 2 aromatic rings. The lowest BCUT2D eigenvalue weighted by atomic mass is 10.1. The molecule has 2 rings (SSSR count). The average Bonchev–Trinajstić information content (AvgIpc) is 2.42. The number of nitrogens with two attached hydrogens (primary N) is 1. The van der Waals surface area contributed by atoms with E-state index in [1.54, 1.807) is 6.07 Å². The molecule has 0 heterocycles. The molecule has 0 saturated carbocycles. The van der Waals surface area contributed by atoms with Gasteiger partial charge in [0.25, 0.3) is 0 Å². The van der Waals surface area contributed by atoms with Crippen LogP contribution < -0.4 is 5.73 Å². The number of nitrogens with zero attached hydrogens (tertiary/aromatic N) is 1. The number of benzene rings is 2. The highest BCUT2D eigenvalue weighted by Crippen LogP contribution is 2.28. The van der Waals surface area contributed by atoms with Crippen LogP contribution in [0.4, 0.5) is 10.1 Å². The highest BCUT2D eigenvalue weighted by atomic mass is 35.5. The van der Waals surface area contributed by atoms with E-state index in [1.165, 1.54) is 12.1 Å². The van der Waals surface area contributed by atoms with Crippen LogP contribution in [0.3, 0.4) is 0 Å². The summed E-state index contributed by atoms with van der Waals surface area (Å²) in [6, 6.07) is 12.3. The predicted molar refractivity (Wildman–Crippen MR) is 82.1 cm³/mol.